The van der Waals surface area contributed by atoms with Crippen LogP contribution < -0.4 is 20.7 Å². The fourth-order valence-corrected chi connectivity index (χ4v) is 4.95. The number of halogens is 1. The minimum atomic E-state index is -1.43. The van der Waals surface area contributed by atoms with E-state index >= 15 is 0 Å². The highest BCUT2D eigenvalue weighted by molar-refractivity contribution is 7.17. The SMILES string of the molecule is O=C(NCCn1ccc2ncnc(Nc3ccc(Oc4ccc5ccsc5c4)c(Cl)c3)c21)C1(O)CN1. The number of carbonyl (C=O) groups excluding carboxylic acids is 1. The Balaban J connectivity index is 1.18. The molecule has 1 aliphatic heterocycles. The summed E-state index contributed by atoms with van der Waals surface area (Å²) < 4.78 is 9.12. The van der Waals surface area contributed by atoms with E-state index in [1.165, 1.54) is 11.7 Å². The number of thiophene rings is 1. The number of aromatic nitrogens is 3. The van der Waals surface area contributed by atoms with E-state index in [9.17, 15) is 9.90 Å². The molecule has 1 fully saturated rings. The number of β-amino-alcohol motifs (C(OH)–C–C–N with tert-alkyl or cyclic N) is 1. The quantitative estimate of drug-likeness (QED) is 0.226. The van der Waals surface area contributed by atoms with Crippen LogP contribution in [0.3, 0.4) is 0 Å². The summed E-state index contributed by atoms with van der Waals surface area (Å²) in [6.45, 7) is 1.09. The monoisotopic (exact) mass is 520 g/mol. The predicted octanol–water partition coefficient (Wildman–Crippen LogP) is 4.24. The number of nitrogens with one attached hydrogen (secondary N) is 3. The molecule has 1 aliphatic rings. The highest BCUT2D eigenvalue weighted by Gasteiger charge is 2.47. The number of ether oxygens (including phenoxy) is 1. The van der Waals surface area contributed by atoms with Crippen molar-refractivity contribution < 1.29 is 14.6 Å². The molecule has 4 heterocycles. The second-order valence-corrected chi connectivity index (χ2v) is 9.78. The Morgan fingerprint density at radius 2 is 2.11 bits per heavy atom. The molecule has 1 unspecified atom stereocenters. The van der Waals surface area contributed by atoms with Gasteiger partial charge in [-0.1, -0.05) is 11.6 Å². The van der Waals surface area contributed by atoms with Crippen LogP contribution in [0, 0.1) is 0 Å². The van der Waals surface area contributed by atoms with Crippen LogP contribution in [0.4, 0.5) is 11.5 Å². The van der Waals surface area contributed by atoms with Crippen LogP contribution in [0.15, 0.2) is 66.4 Å². The zero-order chi connectivity index (χ0) is 24.7. The molecule has 9 nitrogen and oxygen atoms in total. The first-order valence-corrected chi connectivity index (χ1v) is 12.5. The van der Waals surface area contributed by atoms with E-state index in [-0.39, 0.29) is 6.54 Å². The molecule has 3 aromatic heterocycles. The topological polar surface area (TPSA) is 123 Å². The van der Waals surface area contributed by atoms with Crippen molar-refractivity contribution in [2.24, 2.45) is 0 Å². The van der Waals surface area contributed by atoms with Crippen LogP contribution >= 0.6 is 22.9 Å². The fraction of sp³-hybridized carbons (Fsp3) is 0.160. The highest BCUT2D eigenvalue weighted by Crippen LogP contribution is 2.35. The lowest BCUT2D eigenvalue weighted by Crippen LogP contribution is -2.40. The summed E-state index contributed by atoms with van der Waals surface area (Å²) in [5, 5.41) is 22.2. The van der Waals surface area contributed by atoms with Gasteiger partial charge in [-0.3, -0.25) is 10.1 Å². The molecule has 4 N–H and O–H groups in total. The van der Waals surface area contributed by atoms with Crippen LogP contribution in [0.5, 0.6) is 11.5 Å². The van der Waals surface area contributed by atoms with Gasteiger partial charge in [0, 0.05) is 29.7 Å². The van der Waals surface area contributed by atoms with Gasteiger partial charge in [0.15, 0.2) is 5.82 Å². The number of amides is 1. The van der Waals surface area contributed by atoms with Crippen molar-refractivity contribution >= 4 is 61.5 Å². The summed E-state index contributed by atoms with van der Waals surface area (Å²) >= 11 is 8.21. The summed E-state index contributed by atoms with van der Waals surface area (Å²) in [6, 6.07) is 15.4. The Bertz CT molecular complexity index is 1600. The van der Waals surface area contributed by atoms with Crippen LogP contribution in [-0.2, 0) is 11.3 Å². The van der Waals surface area contributed by atoms with Crippen LogP contribution in [-0.4, -0.2) is 44.4 Å². The number of aliphatic hydroxyl groups is 1. The first-order chi connectivity index (χ1) is 17.5. The zero-order valence-electron chi connectivity index (χ0n) is 18.9. The highest BCUT2D eigenvalue weighted by atomic mass is 35.5. The number of benzene rings is 2. The number of anilines is 2. The molecule has 0 saturated carbocycles. The Morgan fingerprint density at radius 1 is 1.22 bits per heavy atom. The summed E-state index contributed by atoms with van der Waals surface area (Å²) in [5.41, 5.74) is 0.858. The second kappa shape index (κ2) is 9.07. The van der Waals surface area contributed by atoms with Gasteiger partial charge in [-0.2, -0.15) is 0 Å². The summed E-state index contributed by atoms with van der Waals surface area (Å²) in [6.07, 6.45) is 3.37. The van der Waals surface area contributed by atoms with E-state index in [1.807, 2.05) is 52.5 Å². The number of fused-ring (bicyclic) bond motifs is 2. The molecular weight excluding hydrogens is 500 g/mol. The molecule has 2 aromatic carbocycles. The average molecular weight is 521 g/mol. The Labute approximate surface area is 214 Å². The molecule has 182 valence electrons. The maximum absolute atomic E-state index is 12.0. The van der Waals surface area contributed by atoms with Gasteiger partial charge in [0.25, 0.3) is 5.91 Å². The van der Waals surface area contributed by atoms with E-state index < -0.39 is 11.6 Å². The van der Waals surface area contributed by atoms with Crippen molar-refractivity contribution in [1.82, 2.24) is 25.2 Å². The lowest BCUT2D eigenvalue weighted by molar-refractivity contribution is -0.131. The number of rotatable bonds is 8. The van der Waals surface area contributed by atoms with E-state index in [1.54, 1.807) is 17.4 Å². The molecule has 6 rings (SSSR count). The minimum absolute atomic E-state index is 0.267. The minimum Gasteiger partial charge on any atom is -0.456 e. The van der Waals surface area contributed by atoms with E-state index in [0.717, 1.165) is 27.2 Å². The van der Waals surface area contributed by atoms with Crippen molar-refractivity contribution in [2.75, 3.05) is 18.4 Å². The summed E-state index contributed by atoms with van der Waals surface area (Å²) in [5.74, 6) is 1.45. The van der Waals surface area contributed by atoms with Crippen LogP contribution in [0.1, 0.15) is 0 Å². The molecular formula is C25H21ClN6O3S. The van der Waals surface area contributed by atoms with Crippen LogP contribution in [0.2, 0.25) is 5.02 Å². The molecule has 0 aliphatic carbocycles. The second-order valence-electron chi connectivity index (χ2n) is 8.43. The lowest BCUT2D eigenvalue weighted by Gasteiger charge is -2.13. The summed E-state index contributed by atoms with van der Waals surface area (Å²) in [4.78, 5) is 20.7. The largest absolute Gasteiger partial charge is 0.456 e. The molecule has 36 heavy (non-hydrogen) atoms. The van der Waals surface area contributed by atoms with Crippen molar-refractivity contribution in [3.05, 3.63) is 71.5 Å². The molecule has 5 aromatic rings. The third-order valence-electron chi connectivity index (χ3n) is 5.93. The van der Waals surface area contributed by atoms with E-state index in [2.05, 4.69) is 32.0 Å². The van der Waals surface area contributed by atoms with Crippen molar-refractivity contribution in [1.29, 1.82) is 0 Å². The first kappa shape index (κ1) is 22.7. The number of nitrogens with zero attached hydrogens (tertiary/aromatic N) is 3. The van der Waals surface area contributed by atoms with Gasteiger partial charge >= 0.3 is 0 Å². The Hall–Kier alpha value is -3.70. The van der Waals surface area contributed by atoms with Gasteiger partial charge in [0.1, 0.15) is 23.3 Å². The zero-order valence-corrected chi connectivity index (χ0v) is 20.4. The standard InChI is InChI=1S/C25H21ClN6O3S/c26-18-11-16(2-4-20(18)35-17-3-1-15-6-10-36-21(15)12-17)31-23-22-19(28-14-29-23)5-8-32(22)9-7-27-24(33)25(34)13-30-25/h1-6,8,10-12,14,30,34H,7,9,13H2,(H,27,33)(H,28,29,31). The van der Waals surface area contributed by atoms with Crippen LogP contribution in [0.25, 0.3) is 21.1 Å². The maximum atomic E-state index is 12.0. The third-order valence-corrected chi connectivity index (χ3v) is 7.10. The Kier molecular flexibility index (Phi) is 5.73. The fourth-order valence-electron chi connectivity index (χ4n) is 3.91. The molecule has 1 atom stereocenters. The van der Waals surface area contributed by atoms with E-state index in [0.29, 0.717) is 29.7 Å². The molecule has 0 bridgehead atoms. The average Bonchev–Trinajstić information content (AvgIpc) is 3.26. The first-order valence-electron chi connectivity index (χ1n) is 11.3. The van der Waals surface area contributed by atoms with Gasteiger partial charge in [0.05, 0.1) is 17.1 Å². The van der Waals surface area contributed by atoms with E-state index in [4.69, 9.17) is 16.3 Å². The van der Waals surface area contributed by atoms with Crippen molar-refractivity contribution in [2.45, 2.75) is 12.3 Å². The summed E-state index contributed by atoms with van der Waals surface area (Å²) in [7, 11) is 0. The number of carbonyl (C=O) groups is 1. The maximum Gasteiger partial charge on any atom is 0.268 e. The molecule has 11 heteroatoms. The molecule has 0 spiro atoms. The molecule has 0 radical (unpaired) electrons. The normalized spacial score (nSPS) is 16.8. The predicted molar refractivity (Wildman–Crippen MR) is 140 cm³/mol. The van der Waals surface area contributed by atoms with Crippen molar-refractivity contribution in [3.63, 3.8) is 0 Å². The van der Waals surface area contributed by atoms with Gasteiger partial charge in [-0.05, 0) is 59.3 Å². The number of hydrogen-bond donors (Lipinski definition) is 4. The van der Waals surface area contributed by atoms with Gasteiger partial charge in [-0.15, -0.1) is 11.3 Å². The van der Waals surface area contributed by atoms with Crippen molar-refractivity contribution in [3.8, 4) is 11.5 Å². The smallest absolute Gasteiger partial charge is 0.268 e. The Morgan fingerprint density at radius 3 is 2.94 bits per heavy atom. The number of hydrogen-bond acceptors (Lipinski definition) is 8. The third kappa shape index (κ3) is 4.47. The van der Waals surface area contributed by atoms with Gasteiger partial charge in [-0.25, -0.2) is 9.97 Å². The lowest BCUT2D eigenvalue weighted by atomic mass is 10.2. The van der Waals surface area contributed by atoms with Gasteiger partial charge in [0.2, 0.25) is 5.72 Å². The van der Waals surface area contributed by atoms with Gasteiger partial charge < -0.3 is 25.0 Å². The molecule has 1 saturated heterocycles. The molecule has 1 amide bonds.